The number of anilines is 1. The second kappa shape index (κ2) is 7.35. The number of rotatable bonds is 6. The second-order valence-corrected chi connectivity index (χ2v) is 5.65. The maximum atomic E-state index is 13.1. The summed E-state index contributed by atoms with van der Waals surface area (Å²) in [5.41, 5.74) is 7.83. The molecule has 0 aliphatic rings. The van der Waals surface area contributed by atoms with E-state index in [0.29, 0.717) is 0 Å². The van der Waals surface area contributed by atoms with E-state index in [4.69, 9.17) is 5.73 Å². The molecule has 0 aliphatic carbocycles. The first-order valence-corrected chi connectivity index (χ1v) is 7.41. The molecule has 0 aliphatic heterocycles. The molecule has 5 nitrogen and oxygen atoms in total. The van der Waals surface area contributed by atoms with E-state index in [0.717, 1.165) is 16.8 Å². The topological polar surface area (TPSA) is 71.2 Å². The normalized spacial score (nSPS) is 11.2. The van der Waals surface area contributed by atoms with Crippen LogP contribution in [0.15, 0.2) is 42.7 Å². The second-order valence-electron chi connectivity index (χ2n) is 5.65. The standard InChI is InChI=1S/C17H20F2N4O/c1-23(2)15-5-3-12(4-6-15)13-7-14(9-21-8-13)16(24)22-11-17(18,19)10-20/h3-9H,10-11,20H2,1-2H3,(H,22,24). The lowest BCUT2D eigenvalue weighted by Crippen LogP contribution is -2.41. The zero-order valence-corrected chi connectivity index (χ0v) is 13.6. The SMILES string of the molecule is CN(C)c1ccc(-c2cncc(C(=O)NCC(F)(F)CN)c2)cc1. The predicted octanol–water partition coefficient (Wildman–Crippen LogP) is 2.14. The highest BCUT2D eigenvalue weighted by Crippen LogP contribution is 2.22. The fourth-order valence-electron chi connectivity index (χ4n) is 2.06. The Hall–Kier alpha value is -2.54. The van der Waals surface area contributed by atoms with Crippen molar-refractivity contribution in [2.45, 2.75) is 5.92 Å². The number of halogens is 2. The number of hydrogen-bond acceptors (Lipinski definition) is 4. The van der Waals surface area contributed by atoms with Gasteiger partial charge in [-0.25, -0.2) is 8.78 Å². The summed E-state index contributed by atoms with van der Waals surface area (Å²) in [7, 11) is 3.89. The van der Waals surface area contributed by atoms with Crippen molar-refractivity contribution >= 4 is 11.6 Å². The van der Waals surface area contributed by atoms with Gasteiger partial charge in [0, 0.05) is 37.7 Å². The van der Waals surface area contributed by atoms with Gasteiger partial charge in [0.1, 0.15) is 0 Å². The number of hydrogen-bond donors (Lipinski definition) is 2. The third-order valence-corrected chi connectivity index (χ3v) is 3.52. The molecule has 1 heterocycles. The third-order valence-electron chi connectivity index (χ3n) is 3.52. The van der Waals surface area contributed by atoms with Crippen LogP contribution in [0.25, 0.3) is 11.1 Å². The summed E-state index contributed by atoms with van der Waals surface area (Å²) in [4.78, 5) is 18.0. The van der Waals surface area contributed by atoms with Gasteiger partial charge in [-0.1, -0.05) is 12.1 Å². The number of benzene rings is 1. The van der Waals surface area contributed by atoms with Crippen molar-refractivity contribution in [1.82, 2.24) is 10.3 Å². The van der Waals surface area contributed by atoms with Gasteiger partial charge >= 0.3 is 0 Å². The smallest absolute Gasteiger partial charge is 0.277 e. The molecule has 0 unspecified atom stereocenters. The van der Waals surface area contributed by atoms with Gasteiger partial charge in [0.25, 0.3) is 11.8 Å². The van der Waals surface area contributed by atoms with Crippen LogP contribution in [0, 0.1) is 0 Å². The first kappa shape index (κ1) is 17.8. The third kappa shape index (κ3) is 4.48. The van der Waals surface area contributed by atoms with E-state index in [-0.39, 0.29) is 5.56 Å². The summed E-state index contributed by atoms with van der Waals surface area (Å²) >= 11 is 0. The number of nitrogens with zero attached hydrogens (tertiary/aromatic N) is 2. The van der Waals surface area contributed by atoms with Crippen molar-refractivity contribution in [3.8, 4) is 11.1 Å². The van der Waals surface area contributed by atoms with E-state index < -0.39 is 24.9 Å². The zero-order chi connectivity index (χ0) is 17.7. The first-order valence-electron chi connectivity index (χ1n) is 7.41. The van der Waals surface area contributed by atoms with Crippen LogP contribution >= 0.6 is 0 Å². The molecule has 7 heteroatoms. The molecule has 0 radical (unpaired) electrons. The Morgan fingerprint density at radius 3 is 2.46 bits per heavy atom. The van der Waals surface area contributed by atoms with E-state index in [2.05, 4.69) is 10.3 Å². The van der Waals surface area contributed by atoms with E-state index in [1.165, 1.54) is 6.20 Å². The summed E-state index contributed by atoms with van der Waals surface area (Å²) in [5, 5.41) is 2.18. The van der Waals surface area contributed by atoms with Crippen molar-refractivity contribution in [2.24, 2.45) is 5.73 Å². The first-order chi connectivity index (χ1) is 11.3. The quantitative estimate of drug-likeness (QED) is 0.849. The summed E-state index contributed by atoms with van der Waals surface area (Å²) in [6, 6.07) is 9.34. The van der Waals surface area contributed by atoms with Gasteiger partial charge in [0.2, 0.25) is 0 Å². The van der Waals surface area contributed by atoms with Gasteiger partial charge in [-0.3, -0.25) is 9.78 Å². The van der Waals surface area contributed by atoms with Crippen molar-refractivity contribution in [2.75, 3.05) is 32.1 Å². The Labute approximate surface area is 139 Å². The monoisotopic (exact) mass is 334 g/mol. The van der Waals surface area contributed by atoms with Crippen molar-refractivity contribution in [3.05, 3.63) is 48.3 Å². The van der Waals surface area contributed by atoms with Crippen LogP contribution in [-0.2, 0) is 0 Å². The molecule has 0 spiro atoms. The maximum absolute atomic E-state index is 13.1. The average molecular weight is 334 g/mol. The molecule has 24 heavy (non-hydrogen) atoms. The Morgan fingerprint density at radius 2 is 1.88 bits per heavy atom. The van der Waals surface area contributed by atoms with E-state index >= 15 is 0 Å². The summed E-state index contributed by atoms with van der Waals surface area (Å²) in [6.07, 6.45) is 2.96. The molecule has 1 amide bonds. The van der Waals surface area contributed by atoms with Crippen LogP contribution in [0.4, 0.5) is 14.5 Å². The van der Waals surface area contributed by atoms with Crippen molar-refractivity contribution in [3.63, 3.8) is 0 Å². The number of nitrogens with one attached hydrogen (secondary N) is 1. The number of carbonyl (C=O) groups excluding carboxylic acids is 1. The molecule has 2 rings (SSSR count). The highest BCUT2D eigenvalue weighted by atomic mass is 19.3. The van der Waals surface area contributed by atoms with Crippen LogP contribution in [-0.4, -0.2) is 44.0 Å². The van der Waals surface area contributed by atoms with Gasteiger partial charge in [0.05, 0.1) is 18.7 Å². The maximum Gasteiger partial charge on any atom is 0.277 e. The van der Waals surface area contributed by atoms with Gasteiger partial charge in [-0.05, 0) is 23.8 Å². The number of pyridine rings is 1. The van der Waals surface area contributed by atoms with Gasteiger partial charge in [-0.15, -0.1) is 0 Å². The molecular weight excluding hydrogens is 314 g/mol. The number of carbonyl (C=O) groups is 1. The molecule has 0 bridgehead atoms. The summed E-state index contributed by atoms with van der Waals surface area (Å²) < 4.78 is 26.2. The Kier molecular flexibility index (Phi) is 5.46. The Morgan fingerprint density at radius 1 is 1.21 bits per heavy atom. The van der Waals surface area contributed by atoms with Gasteiger partial charge in [0.15, 0.2) is 0 Å². The highest BCUT2D eigenvalue weighted by molar-refractivity contribution is 5.95. The molecule has 2 aromatic rings. The molecule has 128 valence electrons. The minimum Gasteiger partial charge on any atom is -0.378 e. The molecule has 0 atom stereocenters. The van der Waals surface area contributed by atoms with E-state index in [1.54, 1.807) is 12.3 Å². The van der Waals surface area contributed by atoms with Crippen LogP contribution in [0.5, 0.6) is 0 Å². The number of aromatic nitrogens is 1. The number of nitrogens with two attached hydrogens (primary N) is 1. The van der Waals surface area contributed by atoms with E-state index in [1.807, 2.05) is 43.3 Å². The van der Waals surface area contributed by atoms with Crippen molar-refractivity contribution in [1.29, 1.82) is 0 Å². The van der Waals surface area contributed by atoms with E-state index in [9.17, 15) is 13.6 Å². The lowest BCUT2D eigenvalue weighted by atomic mass is 10.1. The largest absolute Gasteiger partial charge is 0.378 e. The van der Waals surface area contributed by atoms with Crippen LogP contribution in [0.2, 0.25) is 0 Å². The number of amides is 1. The van der Waals surface area contributed by atoms with Crippen LogP contribution in [0.1, 0.15) is 10.4 Å². The fraction of sp³-hybridized carbons (Fsp3) is 0.294. The minimum absolute atomic E-state index is 0.219. The van der Waals surface area contributed by atoms with Crippen LogP contribution in [0.3, 0.4) is 0 Å². The predicted molar refractivity (Wildman–Crippen MR) is 90.3 cm³/mol. The molecule has 3 N–H and O–H groups in total. The minimum atomic E-state index is -3.12. The molecule has 1 aromatic carbocycles. The Bertz CT molecular complexity index is 702. The summed E-state index contributed by atoms with van der Waals surface area (Å²) in [5.74, 6) is -3.73. The van der Waals surface area contributed by atoms with Gasteiger partial charge in [-0.2, -0.15) is 0 Å². The van der Waals surface area contributed by atoms with Crippen LogP contribution < -0.4 is 16.0 Å². The average Bonchev–Trinajstić information content (AvgIpc) is 2.60. The molecule has 0 saturated carbocycles. The molecule has 1 aromatic heterocycles. The molecular formula is C17H20F2N4O. The van der Waals surface area contributed by atoms with Gasteiger partial charge < -0.3 is 16.0 Å². The van der Waals surface area contributed by atoms with Crippen molar-refractivity contribution < 1.29 is 13.6 Å². The lowest BCUT2D eigenvalue weighted by molar-refractivity contribution is 0.0118. The lowest BCUT2D eigenvalue weighted by Gasteiger charge is -2.15. The highest BCUT2D eigenvalue weighted by Gasteiger charge is 2.27. The molecule has 0 fully saturated rings. The summed E-state index contributed by atoms with van der Waals surface area (Å²) in [6.45, 7) is -1.62. The number of alkyl halides is 2. The fourth-order valence-corrected chi connectivity index (χ4v) is 2.06. The Balaban J connectivity index is 2.15. The molecule has 0 saturated heterocycles. The zero-order valence-electron chi connectivity index (χ0n) is 13.6.